The zero-order chi connectivity index (χ0) is 14.5. The van der Waals surface area contributed by atoms with Crippen molar-refractivity contribution in [1.82, 2.24) is 9.80 Å². The molecule has 0 atom stereocenters. The smallest absolute Gasteiger partial charge is 0.260 e. The van der Waals surface area contributed by atoms with Crippen molar-refractivity contribution < 1.29 is 9.53 Å². The maximum absolute atomic E-state index is 12.1. The van der Waals surface area contributed by atoms with E-state index in [1.165, 1.54) is 0 Å². The van der Waals surface area contributed by atoms with Crippen LogP contribution in [0.3, 0.4) is 0 Å². The highest BCUT2D eigenvalue weighted by molar-refractivity contribution is 9.10. The summed E-state index contributed by atoms with van der Waals surface area (Å²) in [6.45, 7) is 6.63. The SMILES string of the molecule is CCN1CCN(C(=O)COc2cccc(Cl)c2Br)CC1. The second-order valence-corrected chi connectivity index (χ2v) is 5.86. The van der Waals surface area contributed by atoms with Gasteiger partial charge in [-0.3, -0.25) is 4.79 Å². The van der Waals surface area contributed by atoms with Crippen LogP contribution in [0.25, 0.3) is 0 Å². The normalized spacial score (nSPS) is 16.2. The van der Waals surface area contributed by atoms with Crippen LogP contribution in [0.2, 0.25) is 5.02 Å². The molecule has 1 aliphatic rings. The molecule has 4 nitrogen and oxygen atoms in total. The Morgan fingerprint density at radius 3 is 2.70 bits per heavy atom. The minimum atomic E-state index is 0.0210. The molecule has 1 fully saturated rings. The van der Waals surface area contributed by atoms with E-state index in [9.17, 15) is 4.79 Å². The Morgan fingerprint density at radius 1 is 1.35 bits per heavy atom. The second kappa shape index (κ2) is 7.29. The third kappa shape index (κ3) is 3.87. The summed E-state index contributed by atoms with van der Waals surface area (Å²) in [5.41, 5.74) is 0. The molecule has 0 N–H and O–H groups in total. The van der Waals surface area contributed by atoms with E-state index in [4.69, 9.17) is 16.3 Å². The average molecular weight is 362 g/mol. The summed E-state index contributed by atoms with van der Waals surface area (Å²) in [7, 11) is 0. The van der Waals surface area contributed by atoms with Crippen molar-refractivity contribution in [2.75, 3.05) is 39.3 Å². The van der Waals surface area contributed by atoms with E-state index in [2.05, 4.69) is 27.8 Å². The van der Waals surface area contributed by atoms with Crippen LogP contribution in [0.15, 0.2) is 22.7 Å². The number of carbonyl (C=O) groups is 1. The molecule has 0 saturated carbocycles. The number of benzene rings is 1. The van der Waals surface area contributed by atoms with E-state index >= 15 is 0 Å². The van der Waals surface area contributed by atoms with Gasteiger partial charge in [-0.1, -0.05) is 24.6 Å². The summed E-state index contributed by atoms with van der Waals surface area (Å²) in [5.74, 6) is 0.616. The van der Waals surface area contributed by atoms with Gasteiger partial charge in [-0.25, -0.2) is 0 Å². The molecule has 2 rings (SSSR count). The zero-order valence-electron chi connectivity index (χ0n) is 11.4. The van der Waals surface area contributed by atoms with E-state index in [0.29, 0.717) is 15.2 Å². The van der Waals surface area contributed by atoms with Gasteiger partial charge in [-0.2, -0.15) is 0 Å². The largest absolute Gasteiger partial charge is 0.483 e. The quantitative estimate of drug-likeness (QED) is 0.826. The Morgan fingerprint density at radius 2 is 2.05 bits per heavy atom. The van der Waals surface area contributed by atoms with Gasteiger partial charge < -0.3 is 14.5 Å². The molecule has 1 amide bonds. The van der Waals surface area contributed by atoms with Gasteiger partial charge in [-0.05, 0) is 34.6 Å². The Kier molecular flexibility index (Phi) is 5.69. The van der Waals surface area contributed by atoms with Crippen molar-refractivity contribution in [1.29, 1.82) is 0 Å². The maximum atomic E-state index is 12.1. The molecule has 1 saturated heterocycles. The highest BCUT2D eigenvalue weighted by Crippen LogP contribution is 2.31. The first-order valence-corrected chi connectivity index (χ1v) is 7.86. The molecule has 1 aliphatic heterocycles. The topological polar surface area (TPSA) is 32.8 Å². The first-order valence-electron chi connectivity index (χ1n) is 6.68. The van der Waals surface area contributed by atoms with Crippen LogP contribution >= 0.6 is 27.5 Å². The van der Waals surface area contributed by atoms with E-state index in [0.717, 1.165) is 32.7 Å². The monoisotopic (exact) mass is 360 g/mol. The molecule has 20 heavy (non-hydrogen) atoms. The molecule has 1 aromatic carbocycles. The lowest BCUT2D eigenvalue weighted by atomic mass is 10.3. The van der Waals surface area contributed by atoms with Crippen molar-refractivity contribution in [3.8, 4) is 5.75 Å². The van der Waals surface area contributed by atoms with Gasteiger partial charge in [0, 0.05) is 26.2 Å². The van der Waals surface area contributed by atoms with Gasteiger partial charge in [0.25, 0.3) is 5.91 Å². The number of carbonyl (C=O) groups excluding carboxylic acids is 1. The van der Waals surface area contributed by atoms with Crippen molar-refractivity contribution in [2.24, 2.45) is 0 Å². The van der Waals surface area contributed by atoms with Gasteiger partial charge in [0.15, 0.2) is 6.61 Å². The molecule has 1 heterocycles. The Balaban J connectivity index is 1.85. The standard InChI is InChI=1S/C14H18BrClN2O2/c1-2-17-6-8-18(9-7-17)13(19)10-20-12-5-3-4-11(16)14(12)15/h3-5H,2,6-10H2,1H3. The van der Waals surface area contributed by atoms with E-state index < -0.39 is 0 Å². The third-order valence-corrected chi connectivity index (χ3v) is 4.80. The molecule has 0 spiro atoms. The minimum absolute atomic E-state index is 0.0210. The van der Waals surface area contributed by atoms with Crippen molar-refractivity contribution in [2.45, 2.75) is 6.92 Å². The van der Waals surface area contributed by atoms with E-state index in [1.54, 1.807) is 18.2 Å². The van der Waals surface area contributed by atoms with Gasteiger partial charge in [0.05, 0.1) is 9.50 Å². The van der Waals surface area contributed by atoms with Crippen LogP contribution in [0.5, 0.6) is 5.75 Å². The molecule has 0 bridgehead atoms. The first-order chi connectivity index (χ1) is 9.61. The Bertz CT molecular complexity index is 476. The van der Waals surface area contributed by atoms with Crippen molar-refractivity contribution >= 4 is 33.4 Å². The molecule has 0 radical (unpaired) electrons. The van der Waals surface area contributed by atoms with Crippen LogP contribution in [0, 0.1) is 0 Å². The fourth-order valence-corrected chi connectivity index (χ4v) is 2.68. The molecule has 0 aliphatic carbocycles. The molecule has 6 heteroatoms. The molecular weight excluding hydrogens is 344 g/mol. The van der Waals surface area contributed by atoms with Gasteiger partial charge >= 0.3 is 0 Å². The van der Waals surface area contributed by atoms with Crippen molar-refractivity contribution in [3.63, 3.8) is 0 Å². The number of rotatable bonds is 4. The maximum Gasteiger partial charge on any atom is 0.260 e. The van der Waals surface area contributed by atoms with E-state index in [-0.39, 0.29) is 12.5 Å². The number of ether oxygens (including phenoxy) is 1. The predicted octanol–water partition coefficient (Wildman–Crippen LogP) is 2.65. The van der Waals surface area contributed by atoms with Crippen LogP contribution in [0.1, 0.15) is 6.92 Å². The van der Waals surface area contributed by atoms with Crippen LogP contribution in [-0.4, -0.2) is 55.0 Å². The highest BCUT2D eigenvalue weighted by Gasteiger charge is 2.20. The van der Waals surface area contributed by atoms with Gasteiger partial charge in [-0.15, -0.1) is 0 Å². The number of amides is 1. The Labute approximate surface area is 132 Å². The summed E-state index contributed by atoms with van der Waals surface area (Å²) in [6.07, 6.45) is 0. The fourth-order valence-electron chi connectivity index (χ4n) is 2.14. The fraction of sp³-hybridized carbons (Fsp3) is 0.500. The molecule has 1 aromatic rings. The van der Waals surface area contributed by atoms with Crippen LogP contribution in [0.4, 0.5) is 0 Å². The average Bonchev–Trinajstić information content (AvgIpc) is 2.48. The molecule has 0 aromatic heterocycles. The number of halogens is 2. The summed E-state index contributed by atoms with van der Waals surface area (Å²) in [6, 6.07) is 5.36. The Hall–Kier alpha value is -0.780. The zero-order valence-corrected chi connectivity index (χ0v) is 13.8. The van der Waals surface area contributed by atoms with Crippen LogP contribution < -0.4 is 4.74 Å². The minimum Gasteiger partial charge on any atom is -0.483 e. The number of hydrogen-bond acceptors (Lipinski definition) is 3. The third-order valence-electron chi connectivity index (χ3n) is 3.44. The summed E-state index contributed by atoms with van der Waals surface area (Å²) in [5, 5.41) is 0.575. The first kappa shape index (κ1) is 15.6. The summed E-state index contributed by atoms with van der Waals surface area (Å²) in [4.78, 5) is 16.3. The predicted molar refractivity (Wildman–Crippen MR) is 83.3 cm³/mol. The lowest BCUT2D eigenvalue weighted by Gasteiger charge is -2.33. The number of piperazine rings is 1. The number of nitrogens with zero attached hydrogens (tertiary/aromatic N) is 2. The highest BCUT2D eigenvalue weighted by atomic mass is 79.9. The second-order valence-electron chi connectivity index (χ2n) is 4.66. The lowest BCUT2D eigenvalue weighted by Crippen LogP contribution is -2.49. The summed E-state index contributed by atoms with van der Waals surface area (Å²) >= 11 is 9.34. The van der Waals surface area contributed by atoms with Crippen molar-refractivity contribution in [3.05, 3.63) is 27.7 Å². The van der Waals surface area contributed by atoms with E-state index in [1.807, 2.05) is 4.90 Å². The molecule has 110 valence electrons. The molecular formula is C14H18BrClN2O2. The lowest BCUT2D eigenvalue weighted by molar-refractivity contribution is -0.135. The number of hydrogen-bond donors (Lipinski definition) is 0. The number of likely N-dealkylation sites (N-methyl/N-ethyl adjacent to an activating group) is 1. The van der Waals surface area contributed by atoms with Gasteiger partial charge in [0.2, 0.25) is 0 Å². The van der Waals surface area contributed by atoms with Gasteiger partial charge in [0.1, 0.15) is 5.75 Å². The summed E-state index contributed by atoms with van der Waals surface area (Å²) < 4.78 is 6.24. The van der Waals surface area contributed by atoms with Crippen LogP contribution in [-0.2, 0) is 4.79 Å². The molecule has 0 unspecified atom stereocenters.